The van der Waals surface area contributed by atoms with Crippen LogP contribution < -0.4 is 9.47 Å². The number of halogens is 6. The van der Waals surface area contributed by atoms with Crippen LogP contribution >= 0.6 is 11.8 Å². The van der Waals surface area contributed by atoms with Crippen LogP contribution in [0, 0.1) is 13.8 Å². The van der Waals surface area contributed by atoms with E-state index in [0.29, 0.717) is 28.5 Å². The smallest absolute Gasteiger partial charge is 0.416 e. The molecule has 6 rings (SSSR count). The summed E-state index contributed by atoms with van der Waals surface area (Å²) in [6, 6.07) is 34.4. The molecule has 6 aromatic rings. The molecule has 0 aliphatic rings. The minimum atomic E-state index is -4.36. The van der Waals surface area contributed by atoms with Crippen LogP contribution in [0.5, 0.6) is 11.5 Å². The van der Waals surface area contributed by atoms with Crippen molar-refractivity contribution in [1.82, 2.24) is 4.98 Å². The second kappa shape index (κ2) is 20.1. The van der Waals surface area contributed by atoms with Gasteiger partial charge in [0, 0.05) is 16.2 Å². The molecule has 0 saturated carbocycles. The molecule has 0 amide bonds. The third-order valence-electron chi connectivity index (χ3n) is 8.96. The van der Waals surface area contributed by atoms with Gasteiger partial charge in [-0.05, 0) is 121 Å². The molecule has 0 atom stereocenters. The molecule has 2 N–H and O–H groups in total. The maximum Gasteiger partial charge on any atom is 0.416 e. The summed E-state index contributed by atoms with van der Waals surface area (Å²) in [4.78, 5) is 26.8. The van der Waals surface area contributed by atoms with Gasteiger partial charge < -0.3 is 19.7 Å². The zero-order chi connectivity index (χ0) is 43.5. The van der Waals surface area contributed by atoms with Crippen LogP contribution in [0.1, 0.15) is 39.1 Å². The number of thioether (sulfide) groups is 1. The Labute approximate surface area is 346 Å². The van der Waals surface area contributed by atoms with E-state index in [4.69, 9.17) is 19.7 Å². The van der Waals surface area contributed by atoms with Crippen molar-refractivity contribution in [1.29, 1.82) is 0 Å². The molecule has 0 aliphatic carbocycles. The highest BCUT2D eigenvalue weighted by atomic mass is 32.2. The Morgan fingerprint density at radius 1 is 0.583 bits per heavy atom. The van der Waals surface area contributed by atoms with Crippen LogP contribution in [0.2, 0.25) is 0 Å². The fourth-order valence-electron chi connectivity index (χ4n) is 5.94. The number of aromatic nitrogens is 1. The lowest BCUT2D eigenvalue weighted by molar-refractivity contribution is -0.140. The van der Waals surface area contributed by atoms with Gasteiger partial charge in [-0.25, -0.2) is 9.59 Å². The molecule has 0 unspecified atom stereocenters. The predicted molar refractivity (Wildman–Crippen MR) is 217 cm³/mol. The largest absolute Gasteiger partial charge is 0.482 e. The number of nitrogens with zero attached hydrogens (tertiary/aromatic N) is 1. The van der Waals surface area contributed by atoms with Gasteiger partial charge in [-0.15, -0.1) is 11.8 Å². The number of ether oxygens (including phenoxy) is 2. The lowest BCUT2D eigenvalue weighted by atomic mass is 9.98. The summed E-state index contributed by atoms with van der Waals surface area (Å²) in [6.07, 6.45) is -7.16. The highest BCUT2D eigenvalue weighted by Crippen LogP contribution is 2.33. The third kappa shape index (κ3) is 13.4. The van der Waals surface area contributed by atoms with Crippen LogP contribution in [-0.4, -0.2) is 40.3 Å². The van der Waals surface area contributed by atoms with Gasteiger partial charge in [0.1, 0.15) is 11.5 Å². The Bertz CT molecular complexity index is 2230. The van der Waals surface area contributed by atoms with Crippen LogP contribution in [0.25, 0.3) is 22.4 Å². The van der Waals surface area contributed by atoms with E-state index < -0.39 is 42.0 Å². The second-order valence-electron chi connectivity index (χ2n) is 13.5. The topological polar surface area (TPSA) is 106 Å². The van der Waals surface area contributed by atoms with Crippen molar-refractivity contribution < 1.29 is 55.6 Å². The van der Waals surface area contributed by atoms with E-state index in [1.54, 1.807) is 30.0 Å². The van der Waals surface area contributed by atoms with E-state index >= 15 is 0 Å². The number of pyridine rings is 1. The summed E-state index contributed by atoms with van der Waals surface area (Å²) in [6.45, 7) is 2.93. The summed E-state index contributed by atoms with van der Waals surface area (Å²) < 4.78 is 86.9. The Morgan fingerprint density at radius 2 is 1.10 bits per heavy atom. The number of aryl methyl sites for hydroxylation is 4. The van der Waals surface area contributed by atoms with E-state index in [9.17, 15) is 35.9 Å². The third-order valence-corrected chi connectivity index (χ3v) is 9.99. The van der Waals surface area contributed by atoms with Crippen LogP contribution in [0.15, 0.2) is 132 Å². The number of aliphatic carboxylic acids is 2. The Hall–Kier alpha value is -6.28. The molecule has 0 saturated heterocycles. The van der Waals surface area contributed by atoms with E-state index in [0.717, 1.165) is 81.1 Å². The number of hydrogen-bond donors (Lipinski definition) is 2. The lowest BCUT2D eigenvalue weighted by Gasteiger charge is -2.10. The van der Waals surface area contributed by atoms with Crippen molar-refractivity contribution in [3.8, 4) is 33.9 Å². The number of hydrogen-bond acceptors (Lipinski definition) is 6. The first-order valence-electron chi connectivity index (χ1n) is 18.4. The van der Waals surface area contributed by atoms with E-state index in [1.807, 2.05) is 74.5 Å². The summed E-state index contributed by atoms with van der Waals surface area (Å²) in [5.41, 5.74) is 6.14. The highest BCUT2D eigenvalue weighted by Gasteiger charge is 2.30. The Balaban J connectivity index is 0.000000228. The standard InChI is InChI=1S/C24H21F3O3.C22H18F3NO3S/c1-16-13-18(7-12-22(16)30-15-23(28)29)6-5-17-3-2-4-20(14-17)19-8-10-21(11-9-19)24(25,26)27;1-14-11-18(9-10-20(14)29-12-21(27)28)30-13-17-3-2-4-19(26-17)15-5-7-16(8-6-15)22(23,24)25/h2-4,7-14H,5-6,15H2,1H3,(H,28,29);2-11H,12-13H2,1H3,(H,27,28). The summed E-state index contributed by atoms with van der Waals surface area (Å²) in [7, 11) is 0. The summed E-state index contributed by atoms with van der Waals surface area (Å²) in [5, 5.41) is 17.4. The van der Waals surface area contributed by atoms with Gasteiger partial charge in [0.05, 0.1) is 22.5 Å². The van der Waals surface area contributed by atoms with Gasteiger partial charge in [-0.1, -0.05) is 66.7 Å². The second-order valence-corrected chi connectivity index (χ2v) is 14.6. The SMILES string of the molecule is Cc1cc(CCc2cccc(-c3ccc(C(F)(F)F)cc3)c2)ccc1OCC(=O)O.Cc1cc(SCc2cccc(-c3ccc(C(F)(F)F)cc3)n2)ccc1OCC(=O)O. The lowest BCUT2D eigenvalue weighted by Crippen LogP contribution is -2.10. The van der Waals surface area contributed by atoms with Gasteiger partial charge in [-0.3, -0.25) is 4.98 Å². The number of benzene rings is 5. The molecule has 312 valence electrons. The molecular formula is C46H39F6NO6S. The average Bonchev–Trinajstić information content (AvgIpc) is 3.21. The normalized spacial score (nSPS) is 11.3. The average molecular weight is 848 g/mol. The van der Waals surface area contributed by atoms with Crippen molar-refractivity contribution in [2.45, 2.75) is 49.7 Å². The molecule has 1 heterocycles. The minimum Gasteiger partial charge on any atom is -0.482 e. The van der Waals surface area contributed by atoms with Gasteiger partial charge in [0.2, 0.25) is 0 Å². The number of alkyl halides is 6. The summed E-state index contributed by atoms with van der Waals surface area (Å²) in [5.74, 6) is -0.420. The molecule has 0 fully saturated rings. The first-order chi connectivity index (χ1) is 28.4. The van der Waals surface area contributed by atoms with Crippen LogP contribution in [-0.2, 0) is 40.5 Å². The predicted octanol–water partition coefficient (Wildman–Crippen LogP) is 11.8. The van der Waals surface area contributed by atoms with Crippen molar-refractivity contribution in [2.24, 2.45) is 0 Å². The first-order valence-corrected chi connectivity index (χ1v) is 19.4. The van der Waals surface area contributed by atoms with Crippen molar-refractivity contribution >= 4 is 23.7 Å². The molecule has 7 nitrogen and oxygen atoms in total. The van der Waals surface area contributed by atoms with Crippen LogP contribution in [0.3, 0.4) is 0 Å². The number of rotatable bonds is 14. The van der Waals surface area contributed by atoms with Crippen molar-refractivity contribution in [2.75, 3.05) is 13.2 Å². The zero-order valence-corrected chi connectivity index (χ0v) is 33.1. The molecule has 5 aromatic carbocycles. The minimum absolute atomic E-state index is 0.378. The first kappa shape index (κ1) is 44.8. The Morgan fingerprint density at radius 3 is 1.63 bits per heavy atom. The molecule has 0 radical (unpaired) electrons. The number of carboxylic acids is 2. The Kier molecular flexibility index (Phi) is 15.0. The number of carbonyl (C=O) groups is 2. The number of carboxylic acid groups (broad SMARTS) is 2. The van der Waals surface area contributed by atoms with E-state index in [2.05, 4.69) is 4.98 Å². The van der Waals surface area contributed by atoms with E-state index in [1.165, 1.54) is 24.3 Å². The molecule has 14 heteroatoms. The monoisotopic (exact) mass is 847 g/mol. The highest BCUT2D eigenvalue weighted by molar-refractivity contribution is 7.98. The molecule has 60 heavy (non-hydrogen) atoms. The van der Waals surface area contributed by atoms with Gasteiger partial charge in [-0.2, -0.15) is 26.3 Å². The summed E-state index contributed by atoms with van der Waals surface area (Å²) >= 11 is 1.55. The van der Waals surface area contributed by atoms with Crippen molar-refractivity contribution in [3.63, 3.8) is 0 Å². The van der Waals surface area contributed by atoms with E-state index in [-0.39, 0.29) is 6.61 Å². The molecule has 0 spiro atoms. The molecular weight excluding hydrogens is 809 g/mol. The van der Waals surface area contributed by atoms with Gasteiger partial charge >= 0.3 is 24.3 Å². The van der Waals surface area contributed by atoms with Gasteiger partial charge in [0.25, 0.3) is 0 Å². The molecule has 0 aliphatic heterocycles. The van der Waals surface area contributed by atoms with Crippen LogP contribution in [0.4, 0.5) is 26.3 Å². The van der Waals surface area contributed by atoms with Crippen molar-refractivity contribution in [3.05, 3.63) is 166 Å². The quantitative estimate of drug-likeness (QED) is 0.0825. The maximum absolute atomic E-state index is 12.7. The van der Waals surface area contributed by atoms with Gasteiger partial charge in [0.15, 0.2) is 13.2 Å². The maximum atomic E-state index is 12.7. The fourth-order valence-corrected chi connectivity index (χ4v) is 6.84. The molecule has 0 bridgehead atoms. The molecule has 1 aromatic heterocycles. The fraction of sp³-hybridized carbons (Fsp3) is 0.196. The zero-order valence-electron chi connectivity index (χ0n) is 32.3.